The predicted octanol–water partition coefficient (Wildman–Crippen LogP) is 2.76. The molecule has 13 heteroatoms. The van der Waals surface area contributed by atoms with Gasteiger partial charge in [-0.1, -0.05) is 23.5 Å². The highest BCUT2D eigenvalue weighted by Gasteiger charge is 2.34. The number of rotatable bonds is 7. The number of thiazole rings is 1. The number of carbonyl (C=O) groups is 1. The number of methoxy groups -OCH3 is 2. The summed E-state index contributed by atoms with van der Waals surface area (Å²) in [7, 11) is -4.68. The molecular weight excluding hydrogens is 514 g/mol. The summed E-state index contributed by atoms with van der Waals surface area (Å²) in [6, 6.07) is 9.08. The normalized spacial score (nSPS) is 15.7. The first kappa shape index (κ1) is 25.4. The molecule has 3 aromatic rings. The van der Waals surface area contributed by atoms with E-state index in [0.29, 0.717) is 35.0 Å². The minimum atomic E-state index is -4.03. The highest BCUT2D eigenvalue weighted by atomic mass is 32.2. The van der Waals surface area contributed by atoms with Crippen LogP contribution in [-0.4, -0.2) is 65.6 Å². The third-order valence-corrected chi connectivity index (χ3v) is 9.99. The molecule has 1 amide bonds. The Kier molecular flexibility index (Phi) is 7.04. The van der Waals surface area contributed by atoms with Crippen molar-refractivity contribution in [1.29, 1.82) is 0 Å². The van der Waals surface area contributed by atoms with Gasteiger partial charge < -0.3 is 14.8 Å². The van der Waals surface area contributed by atoms with Crippen molar-refractivity contribution < 1.29 is 31.1 Å². The van der Waals surface area contributed by atoms with Gasteiger partial charge in [0.2, 0.25) is 15.9 Å². The van der Waals surface area contributed by atoms with Crippen LogP contribution < -0.4 is 14.8 Å². The molecule has 0 aliphatic carbocycles. The number of benzene rings is 2. The molecule has 1 aromatic heterocycles. The summed E-state index contributed by atoms with van der Waals surface area (Å²) in [6.07, 6.45) is 1.59. The van der Waals surface area contributed by atoms with Gasteiger partial charge in [-0.15, -0.1) is 0 Å². The van der Waals surface area contributed by atoms with Crippen molar-refractivity contribution in [2.24, 2.45) is 5.92 Å². The number of aromatic nitrogens is 1. The minimum Gasteiger partial charge on any atom is -0.493 e. The van der Waals surface area contributed by atoms with E-state index in [1.807, 2.05) is 0 Å². The lowest BCUT2D eigenvalue weighted by Crippen LogP contribution is -2.41. The second-order valence-electron chi connectivity index (χ2n) is 8.08. The SMILES string of the molecule is COc1cc2nc(NC(=O)C3CCN(S(=O)(=O)c4ccccc4S(C)(=O)=O)CC3)sc2cc1OC. The third-order valence-electron chi connectivity index (χ3n) is 5.82. The van der Waals surface area contributed by atoms with Crippen LogP contribution >= 0.6 is 11.3 Å². The van der Waals surface area contributed by atoms with Crippen LogP contribution in [-0.2, 0) is 24.7 Å². The first-order valence-corrected chi connectivity index (χ1v) is 14.8. The minimum absolute atomic E-state index is 0.104. The molecule has 1 aliphatic rings. The molecule has 1 saturated heterocycles. The summed E-state index contributed by atoms with van der Waals surface area (Å²) in [4.78, 5) is 16.8. The molecule has 4 rings (SSSR count). The number of piperidine rings is 1. The summed E-state index contributed by atoms with van der Waals surface area (Å²) in [5, 5.41) is 3.26. The second kappa shape index (κ2) is 9.72. The standard InChI is InChI=1S/C22H25N3O7S3/c1-31-16-12-15-18(13-17(16)32-2)33-22(23-15)24-21(26)14-8-10-25(11-9-14)35(29,30)20-7-5-4-6-19(20)34(3,27)28/h4-7,12-14H,8-11H2,1-3H3,(H,23,24,26). The summed E-state index contributed by atoms with van der Waals surface area (Å²) in [5.41, 5.74) is 0.661. The van der Waals surface area contributed by atoms with Crippen LogP contribution in [0.4, 0.5) is 5.13 Å². The fraction of sp³-hybridized carbons (Fsp3) is 0.364. The number of fused-ring (bicyclic) bond motifs is 1. The molecule has 1 N–H and O–H groups in total. The van der Waals surface area contributed by atoms with E-state index in [-0.39, 0.29) is 28.8 Å². The Morgan fingerprint density at radius 1 is 1.03 bits per heavy atom. The average molecular weight is 540 g/mol. The van der Waals surface area contributed by atoms with E-state index in [4.69, 9.17) is 9.47 Å². The maximum atomic E-state index is 13.2. The van der Waals surface area contributed by atoms with Crippen LogP contribution in [0.3, 0.4) is 0 Å². The van der Waals surface area contributed by atoms with Crippen molar-refractivity contribution in [3.63, 3.8) is 0 Å². The molecule has 2 heterocycles. The first-order valence-electron chi connectivity index (χ1n) is 10.7. The maximum Gasteiger partial charge on any atom is 0.244 e. The van der Waals surface area contributed by atoms with E-state index < -0.39 is 25.8 Å². The monoisotopic (exact) mass is 539 g/mol. The lowest BCUT2D eigenvalue weighted by Gasteiger charge is -2.30. The number of sulfonamides is 1. The smallest absolute Gasteiger partial charge is 0.244 e. The largest absolute Gasteiger partial charge is 0.493 e. The van der Waals surface area contributed by atoms with Crippen molar-refractivity contribution in [3.8, 4) is 11.5 Å². The zero-order valence-electron chi connectivity index (χ0n) is 19.3. The zero-order chi connectivity index (χ0) is 25.4. The van der Waals surface area contributed by atoms with Crippen molar-refractivity contribution in [2.45, 2.75) is 22.6 Å². The van der Waals surface area contributed by atoms with Gasteiger partial charge in [-0.25, -0.2) is 21.8 Å². The number of hydrogen-bond acceptors (Lipinski definition) is 9. The maximum absolute atomic E-state index is 13.2. The molecule has 0 bridgehead atoms. The molecule has 1 fully saturated rings. The number of amides is 1. The third kappa shape index (κ3) is 5.13. The van der Waals surface area contributed by atoms with Gasteiger partial charge in [0.05, 0.1) is 29.3 Å². The molecule has 10 nitrogen and oxygen atoms in total. The van der Waals surface area contributed by atoms with Crippen LogP contribution in [0.1, 0.15) is 12.8 Å². The molecule has 188 valence electrons. The van der Waals surface area contributed by atoms with Crippen LogP contribution in [0.2, 0.25) is 0 Å². The molecule has 0 spiro atoms. The van der Waals surface area contributed by atoms with E-state index in [1.54, 1.807) is 19.2 Å². The lowest BCUT2D eigenvalue weighted by molar-refractivity contribution is -0.120. The van der Waals surface area contributed by atoms with Crippen molar-refractivity contribution in [1.82, 2.24) is 9.29 Å². The predicted molar refractivity (Wildman–Crippen MR) is 132 cm³/mol. The highest BCUT2D eigenvalue weighted by Crippen LogP contribution is 2.36. The van der Waals surface area contributed by atoms with E-state index in [2.05, 4.69) is 10.3 Å². The van der Waals surface area contributed by atoms with Crippen molar-refractivity contribution >= 4 is 52.5 Å². The van der Waals surface area contributed by atoms with Gasteiger partial charge in [-0.2, -0.15) is 4.31 Å². The molecule has 0 saturated carbocycles. The zero-order valence-corrected chi connectivity index (χ0v) is 21.8. The lowest BCUT2D eigenvalue weighted by atomic mass is 9.97. The number of ether oxygens (including phenoxy) is 2. The van der Waals surface area contributed by atoms with Gasteiger partial charge >= 0.3 is 0 Å². The molecule has 1 aliphatic heterocycles. The van der Waals surface area contributed by atoms with Crippen molar-refractivity contribution in [2.75, 3.05) is 38.9 Å². The van der Waals surface area contributed by atoms with Gasteiger partial charge in [0.15, 0.2) is 26.5 Å². The Balaban J connectivity index is 1.45. The van der Waals surface area contributed by atoms with Gasteiger partial charge in [-0.3, -0.25) is 4.79 Å². The fourth-order valence-electron chi connectivity index (χ4n) is 3.98. The Hall–Kier alpha value is -2.74. The van der Waals surface area contributed by atoms with Gasteiger partial charge in [0, 0.05) is 37.4 Å². The number of anilines is 1. The van der Waals surface area contributed by atoms with Gasteiger partial charge in [0.1, 0.15) is 4.90 Å². The molecule has 35 heavy (non-hydrogen) atoms. The van der Waals surface area contributed by atoms with Gasteiger partial charge in [0.25, 0.3) is 0 Å². The van der Waals surface area contributed by atoms with Crippen LogP contribution in [0.5, 0.6) is 11.5 Å². The summed E-state index contributed by atoms with van der Waals surface area (Å²) < 4.78 is 63.1. The molecule has 2 aromatic carbocycles. The van der Waals surface area contributed by atoms with Crippen LogP contribution in [0.25, 0.3) is 10.2 Å². The average Bonchev–Trinajstić information content (AvgIpc) is 3.23. The van der Waals surface area contributed by atoms with E-state index >= 15 is 0 Å². The Morgan fingerprint density at radius 2 is 1.63 bits per heavy atom. The van der Waals surface area contributed by atoms with E-state index in [1.165, 1.54) is 47.0 Å². The summed E-state index contributed by atoms with van der Waals surface area (Å²) in [5.74, 6) is 0.459. The highest BCUT2D eigenvalue weighted by molar-refractivity contribution is 7.93. The summed E-state index contributed by atoms with van der Waals surface area (Å²) >= 11 is 1.30. The van der Waals surface area contributed by atoms with Crippen molar-refractivity contribution in [3.05, 3.63) is 36.4 Å². The number of nitrogens with zero attached hydrogens (tertiary/aromatic N) is 2. The molecule has 0 atom stereocenters. The van der Waals surface area contributed by atoms with Crippen LogP contribution in [0.15, 0.2) is 46.2 Å². The van der Waals surface area contributed by atoms with E-state index in [9.17, 15) is 21.6 Å². The molecule has 0 radical (unpaired) electrons. The van der Waals surface area contributed by atoms with E-state index in [0.717, 1.165) is 11.0 Å². The van der Waals surface area contributed by atoms with Gasteiger partial charge in [-0.05, 0) is 25.0 Å². The molecular formula is C22H25N3O7S3. The number of carbonyl (C=O) groups excluding carboxylic acids is 1. The Labute approximate surface area is 207 Å². The quantitative estimate of drug-likeness (QED) is 0.485. The second-order valence-corrected chi connectivity index (χ2v) is 13.0. The first-order chi connectivity index (χ1) is 16.5. The van der Waals surface area contributed by atoms with Crippen LogP contribution in [0, 0.1) is 5.92 Å². The Morgan fingerprint density at radius 3 is 2.23 bits per heavy atom. The topological polar surface area (TPSA) is 132 Å². The number of nitrogens with one attached hydrogen (secondary N) is 1. The number of hydrogen-bond donors (Lipinski definition) is 1. The fourth-order valence-corrected chi connectivity index (χ4v) is 7.93. The number of sulfone groups is 1. The summed E-state index contributed by atoms with van der Waals surface area (Å²) in [6.45, 7) is 0.208. The Bertz CT molecular complexity index is 1430. The molecule has 0 unspecified atom stereocenters.